The van der Waals surface area contributed by atoms with Crippen LogP contribution in [0.15, 0.2) is 0 Å². The van der Waals surface area contributed by atoms with Crippen molar-refractivity contribution in [1.29, 1.82) is 0 Å². The van der Waals surface area contributed by atoms with Gasteiger partial charge in [-0.3, -0.25) is 4.79 Å². The second-order valence-corrected chi connectivity index (χ2v) is 4.52. The monoisotopic (exact) mass is 199 g/mol. The van der Waals surface area contributed by atoms with E-state index in [9.17, 15) is 4.79 Å². The minimum atomic E-state index is -0.462. The lowest BCUT2D eigenvalue weighted by Crippen LogP contribution is -2.37. The summed E-state index contributed by atoms with van der Waals surface area (Å²) in [5.74, 6) is 0.698. The molecule has 0 aromatic heterocycles. The topological polar surface area (TPSA) is 52.3 Å². The van der Waals surface area contributed by atoms with Crippen LogP contribution in [-0.4, -0.2) is 18.6 Å². The molecule has 0 aromatic carbocycles. The molecule has 1 saturated carbocycles. The maximum absolute atomic E-state index is 11.3. The predicted molar refractivity (Wildman–Crippen MR) is 55.7 cm³/mol. The van der Waals surface area contributed by atoms with Crippen LogP contribution >= 0.6 is 0 Å². The van der Waals surface area contributed by atoms with E-state index < -0.39 is 6.04 Å². The normalized spacial score (nSPS) is 19.1. The summed E-state index contributed by atoms with van der Waals surface area (Å²) >= 11 is 0. The van der Waals surface area contributed by atoms with Gasteiger partial charge >= 0.3 is 5.97 Å². The van der Waals surface area contributed by atoms with Crippen molar-refractivity contribution < 1.29 is 9.53 Å². The highest BCUT2D eigenvalue weighted by Crippen LogP contribution is 2.29. The average molecular weight is 199 g/mol. The van der Waals surface area contributed by atoms with Crippen molar-refractivity contribution in [1.82, 2.24) is 0 Å². The molecule has 0 heterocycles. The Balaban J connectivity index is 2.07. The van der Waals surface area contributed by atoms with E-state index in [1.54, 1.807) is 0 Å². The van der Waals surface area contributed by atoms with Crippen LogP contribution < -0.4 is 5.73 Å². The fraction of sp³-hybridized carbons (Fsp3) is 0.909. The summed E-state index contributed by atoms with van der Waals surface area (Å²) < 4.78 is 5.11. The number of esters is 1. The molecule has 1 aliphatic carbocycles. The van der Waals surface area contributed by atoms with Gasteiger partial charge in [0, 0.05) is 0 Å². The Hall–Kier alpha value is -0.570. The Morgan fingerprint density at radius 3 is 2.57 bits per heavy atom. The largest absolute Gasteiger partial charge is 0.465 e. The van der Waals surface area contributed by atoms with E-state index in [2.05, 4.69) is 0 Å². The Labute approximate surface area is 86.0 Å². The van der Waals surface area contributed by atoms with Crippen molar-refractivity contribution in [2.45, 2.75) is 45.6 Å². The first-order chi connectivity index (χ1) is 6.61. The standard InChI is InChI=1S/C11H21NO2/c1-8(2)10(12)11(13)14-7-6-9-4-3-5-9/h8-10H,3-7,12H2,1-2H3/t10-/m0/s1. The van der Waals surface area contributed by atoms with Crippen molar-refractivity contribution in [2.24, 2.45) is 17.6 Å². The zero-order chi connectivity index (χ0) is 10.6. The predicted octanol–water partition coefficient (Wildman–Crippen LogP) is 1.70. The molecule has 82 valence electrons. The van der Waals surface area contributed by atoms with Gasteiger partial charge in [0.25, 0.3) is 0 Å². The highest BCUT2D eigenvalue weighted by atomic mass is 16.5. The minimum Gasteiger partial charge on any atom is -0.465 e. The number of carbonyl (C=O) groups is 1. The molecule has 0 aromatic rings. The van der Waals surface area contributed by atoms with Crippen molar-refractivity contribution in [2.75, 3.05) is 6.61 Å². The number of hydrogen-bond acceptors (Lipinski definition) is 3. The third kappa shape index (κ3) is 3.29. The number of ether oxygens (including phenoxy) is 1. The molecular weight excluding hydrogens is 178 g/mol. The van der Waals surface area contributed by atoms with Crippen LogP contribution in [0.5, 0.6) is 0 Å². The van der Waals surface area contributed by atoms with Crippen LogP contribution in [0, 0.1) is 11.8 Å². The summed E-state index contributed by atoms with van der Waals surface area (Å²) in [6.07, 6.45) is 4.95. The molecule has 0 saturated heterocycles. The van der Waals surface area contributed by atoms with E-state index in [1.807, 2.05) is 13.8 Å². The van der Waals surface area contributed by atoms with E-state index in [4.69, 9.17) is 10.5 Å². The summed E-state index contributed by atoms with van der Waals surface area (Å²) in [7, 11) is 0. The van der Waals surface area contributed by atoms with Crippen LogP contribution in [0.25, 0.3) is 0 Å². The SMILES string of the molecule is CC(C)[C@H](N)C(=O)OCCC1CCC1. The Bertz CT molecular complexity index is 188. The van der Waals surface area contributed by atoms with Crippen LogP contribution in [0.4, 0.5) is 0 Å². The Morgan fingerprint density at radius 2 is 2.14 bits per heavy atom. The van der Waals surface area contributed by atoms with Crippen LogP contribution in [0.3, 0.4) is 0 Å². The zero-order valence-corrected chi connectivity index (χ0v) is 9.16. The molecule has 0 radical (unpaired) electrons. The molecule has 0 spiro atoms. The second-order valence-electron chi connectivity index (χ2n) is 4.52. The molecule has 3 nitrogen and oxygen atoms in total. The highest BCUT2D eigenvalue weighted by molar-refractivity contribution is 5.75. The smallest absolute Gasteiger partial charge is 0.323 e. The summed E-state index contributed by atoms with van der Waals surface area (Å²) in [6.45, 7) is 4.40. The van der Waals surface area contributed by atoms with Gasteiger partial charge in [-0.25, -0.2) is 0 Å². The molecule has 0 amide bonds. The van der Waals surface area contributed by atoms with Gasteiger partial charge in [0.1, 0.15) is 6.04 Å². The maximum Gasteiger partial charge on any atom is 0.323 e. The van der Waals surface area contributed by atoms with E-state index in [0.717, 1.165) is 12.3 Å². The third-order valence-electron chi connectivity index (χ3n) is 2.99. The van der Waals surface area contributed by atoms with E-state index >= 15 is 0 Å². The summed E-state index contributed by atoms with van der Waals surface area (Å²) in [5.41, 5.74) is 5.65. The van der Waals surface area contributed by atoms with Crippen molar-refractivity contribution in [3.63, 3.8) is 0 Å². The minimum absolute atomic E-state index is 0.159. The molecule has 0 unspecified atom stereocenters. The van der Waals surface area contributed by atoms with E-state index in [-0.39, 0.29) is 11.9 Å². The molecule has 2 N–H and O–H groups in total. The van der Waals surface area contributed by atoms with E-state index in [1.165, 1.54) is 19.3 Å². The van der Waals surface area contributed by atoms with Gasteiger partial charge in [-0.15, -0.1) is 0 Å². The Morgan fingerprint density at radius 1 is 1.50 bits per heavy atom. The van der Waals surface area contributed by atoms with Gasteiger partial charge in [0.2, 0.25) is 0 Å². The molecule has 14 heavy (non-hydrogen) atoms. The molecule has 0 bridgehead atoms. The quantitative estimate of drug-likeness (QED) is 0.686. The first kappa shape index (κ1) is 11.5. The third-order valence-corrected chi connectivity index (χ3v) is 2.99. The molecule has 3 heteroatoms. The van der Waals surface area contributed by atoms with Crippen LogP contribution in [0.1, 0.15) is 39.5 Å². The van der Waals surface area contributed by atoms with Gasteiger partial charge in [0.05, 0.1) is 6.61 Å². The second kappa shape index (κ2) is 5.35. The lowest BCUT2D eigenvalue weighted by molar-refractivity contribution is -0.146. The molecule has 1 aliphatic rings. The molecule has 1 rings (SSSR count). The first-order valence-corrected chi connectivity index (χ1v) is 5.53. The number of carbonyl (C=O) groups excluding carboxylic acids is 1. The summed E-state index contributed by atoms with van der Waals surface area (Å²) in [5, 5.41) is 0. The average Bonchev–Trinajstić information content (AvgIpc) is 2.07. The van der Waals surface area contributed by atoms with Gasteiger partial charge in [-0.1, -0.05) is 33.1 Å². The van der Waals surface area contributed by atoms with Crippen molar-refractivity contribution in [3.8, 4) is 0 Å². The van der Waals surface area contributed by atoms with Crippen LogP contribution in [0.2, 0.25) is 0 Å². The Kier molecular flexibility index (Phi) is 4.39. The van der Waals surface area contributed by atoms with E-state index in [0.29, 0.717) is 6.61 Å². The van der Waals surface area contributed by atoms with Gasteiger partial charge in [-0.05, 0) is 18.3 Å². The lowest BCUT2D eigenvalue weighted by Gasteiger charge is -2.25. The number of rotatable bonds is 5. The van der Waals surface area contributed by atoms with Crippen molar-refractivity contribution in [3.05, 3.63) is 0 Å². The van der Waals surface area contributed by atoms with Gasteiger partial charge in [-0.2, -0.15) is 0 Å². The molecular formula is C11H21NO2. The highest BCUT2D eigenvalue weighted by Gasteiger charge is 2.21. The fourth-order valence-corrected chi connectivity index (χ4v) is 1.48. The molecule has 1 fully saturated rings. The van der Waals surface area contributed by atoms with Gasteiger partial charge in [0.15, 0.2) is 0 Å². The van der Waals surface area contributed by atoms with Gasteiger partial charge < -0.3 is 10.5 Å². The lowest BCUT2D eigenvalue weighted by atomic mass is 9.83. The van der Waals surface area contributed by atoms with Crippen LogP contribution in [-0.2, 0) is 9.53 Å². The fourth-order valence-electron chi connectivity index (χ4n) is 1.48. The number of hydrogen-bond donors (Lipinski definition) is 1. The maximum atomic E-state index is 11.3. The molecule has 1 atom stereocenters. The molecule has 0 aliphatic heterocycles. The first-order valence-electron chi connectivity index (χ1n) is 5.53. The zero-order valence-electron chi connectivity index (χ0n) is 9.16. The summed E-state index contributed by atoms with van der Waals surface area (Å²) in [4.78, 5) is 11.3. The van der Waals surface area contributed by atoms with Crippen molar-refractivity contribution >= 4 is 5.97 Å². The summed E-state index contributed by atoms with van der Waals surface area (Å²) in [6, 6.07) is -0.462. The number of nitrogens with two attached hydrogens (primary N) is 1.